The number of anilines is 1. The number of rotatable bonds is 6. The van der Waals surface area contributed by atoms with E-state index in [9.17, 15) is 8.42 Å². The molecule has 0 aliphatic rings. The van der Waals surface area contributed by atoms with Crippen LogP contribution < -0.4 is 15.8 Å². The van der Waals surface area contributed by atoms with Crippen molar-refractivity contribution in [1.29, 1.82) is 0 Å². The number of nitrogens with zero attached hydrogens (tertiary/aromatic N) is 1. The molecule has 2 rings (SSSR count). The Morgan fingerprint density at radius 3 is 2.57 bits per heavy atom. The first-order chi connectivity index (χ1) is 10.5. The number of guanidine groups is 1. The van der Waals surface area contributed by atoms with Gasteiger partial charge in [0.15, 0.2) is 5.96 Å². The van der Waals surface area contributed by atoms with Gasteiger partial charge in [-0.05, 0) is 30.5 Å². The summed E-state index contributed by atoms with van der Waals surface area (Å²) in [6, 6.07) is 11.0. The second-order valence-electron chi connectivity index (χ2n) is 4.59. The lowest BCUT2D eigenvalue weighted by Crippen LogP contribution is -2.28. The number of thiophene rings is 1. The van der Waals surface area contributed by atoms with Crippen molar-refractivity contribution in [3.05, 3.63) is 47.3 Å². The van der Waals surface area contributed by atoms with Crippen LogP contribution in [0.2, 0.25) is 0 Å². The number of aryl methyl sites for hydroxylation is 1. The molecule has 0 radical (unpaired) electrons. The molecule has 9 heteroatoms. The maximum atomic E-state index is 11.9. The van der Waals surface area contributed by atoms with E-state index in [1.165, 1.54) is 11.3 Å². The molecule has 6 nitrogen and oxygen atoms in total. The highest BCUT2D eigenvalue weighted by Gasteiger charge is 2.13. The quantitative estimate of drug-likeness (QED) is 0.264. The normalized spacial score (nSPS) is 11.8. The molecule has 4 N–H and O–H groups in total. The first kappa shape index (κ1) is 19.9. The van der Waals surface area contributed by atoms with Crippen LogP contribution in [0, 0.1) is 6.92 Å². The highest BCUT2D eigenvalue weighted by molar-refractivity contribution is 14.0. The number of nitrogens with two attached hydrogens (primary N) is 1. The Morgan fingerprint density at radius 1 is 1.26 bits per heavy atom. The maximum absolute atomic E-state index is 11.9. The fourth-order valence-electron chi connectivity index (χ4n) is 1.67. The van der Waals surface area contributed by atoms with Gasteiger partial charge >= 0.3 is 0 Å². The predicted molar refractivity (Wildman–Crippen MR) is 106 cm³/mol. The standard InChI is InChI=1S/C14H18N4O2S2.HI/c1-11-4-6-12(7-5-11)18-14(15)16-8-9-17-22(19,20)13-3-2-10-21-13;/h2-7,10,17H,8-9H2,1H3,(H3,15,16,18);1H. The van der Waals surface area contributed by atoms with E-state index in [2.05, 4.69) is 15.0 Å². The van der Waals surface area contributed by atoms with Crippen LogP contribution in [0.25, 0.3) is 0 Å². The summed E-state index contributed by atoms with van der Waals surface area (Å²) in [7, 11) is -3.44. The van der Waals surface area contributed by atoms with Crippen molar-refractivity contribution in [2.45, 2.75) is 11.1 Å². The van der Waals surface area contributed by atoms with Crippen molar-refractivity contribution in [2.75, 3.05) is 18.4 Å². The van der Waals surface area contributed by atoms with E-state index < -0.39 is 10.0 Å². The largest absolute Gasteiger partial charge is 0.370 e. The molecule has 0 fully saturated rings. The van der Waals surface area contributed by atoms with Crippen LogP contribution in [-0.2, 0) is 10.0 Å². The molecule has 1 aromatic heterocycles. The van der Waals surface area contributed by atoms with Gasteiger partial charge in [-0.3, -0.25) is 4.99 Å². The molecule has 0 amide bonds. The van der Waals surface area contributed by atoms with Crippen LogP contribution in [0.5, 0.6) is 0 Å². The van der Waals surface area contributed by atoms with Gasteiger partial charge in [0.2, 0.25) is 10.0 Å². The van der Waals surface area contributed by atoms with E-state index >= 15 is 0 Å². The average Bonchev–Trinajstić information content (AvgIpc) is 3.01. The summed E-state index contributed by atoms with van der Waals surface area (Å²) in [6.07, 6.45) is 0. The van der Waals surface area contributed by atoms with Gasteiger partial charge in [-0.2, -0.15) is 0 Å². The lowest BCUT2D eigenvalue weighted by Gasteiger charge is -2.06. The third-order valence-electron chi connectivity index (χ3n) is 2.77. The highest BCUT2D eigenvalue weighted by Crippen LogP contribution is 2.14. The number of halogens is 1. The van der Waals surface area contributed by atoms with Crippen LogP contribution in [0.4, 0.5) is 5.69 Å². The van der Waals surface area contributed by atoms with E-state index in [-0.39, 0.29) is 43.0 Å². The van der Waals surface area contributed by atoms with Gasteiger partial charge in [0, 0.05) is 12.2 Å². The second kappa shape index (κ2) is 9.21. The number of aliphatic imine (C=N–C) groups is 1. The summed E-state index contributed by atoms with van der Waals surface area (Å²) < 4.78 is 26.5. The summed E-state index contributed by atoms with van der Waals surface area (Å²) in [5.74, 6) is 0.249. The Kier molecular flexibility index (Phi) is 7.95. The van der Waals surface area contributed by atoms with E-state index in [4.69, 9.17) is 5.73 Å². The molecule has 0 spiro atoms. The third-order valence-corrected chi connectivity index (χ3v) is 5.63. The molecule has 126 valence electrons. The number of hydrogen-bond acceptors (Lipinski definition) is 4. The molecular formula is C14H19IN4O2S2. The smallest absolute Gasteiger partial charge is 0.250 e. The first-order valence-electron chi connectivity index (χ1n) is 6.64. The van der Waals surface area contributed by atoms with Gasteiger partial charge in [-0.1, -0.05) is 23.8 Å². The highest BCUT2D eigenvalue weighted by atomic mass is 127. The van der Waals surface area contributed by atoms with Crippen LogP contribution in [0.15, 0.2) is 51.0 Å². The Hall–Kier alpha value is -1.17. The predicted octanol–water partition coefficient (Wildman–Crippen LogP) is 2.38. The Bertz CT molecular complexity index is 729. The number of hydrogen-bond donors (Lipinski definition) is 3. The average molecular weight is 466 g/mol. The summed E-state index contributed by atoms with van der Waals surface area (Å²) in [5, 5.41) is 4.67. The maximum Gasteiger partial charge on any atom is 0.250 e. The van der Waals surface area contributed by atoms with Crippen molar-refractivity contribution in [2.24, 2.45) is 10.7 Å². The molecule has 1 aromatic carbocycles. The van der Waals surface area contributed by atoms with Crippen LogP contribution >= 0.6 is 35.3 Å². The van der Waals surface area contributed by atoms with Crippen molar-refractivity contribution in [1.82, 2.24) is 4.72 Å². The number of nitrogens with one attached hydrogen (secondary N) is 2. The van der Waals surface area contributed by atoms with E-state index in [0.29, 0.717) is 4.21 Å². The Balaban J connectivity index is 0.00000264. The molecule has 0 aliphatic carbocycles. The summed E-state index contributed by atoms with van der Waals surface area (Å²) in [5.41, 5.74) is 7.75. The molecule has 0 atom stereocenters. The fraction of sp³-hybridized carbons (Fsp3) is 0.214. The SMILES string of the molecule is Cc1ccc(NC(N)=NCCNS(=O)(=O)c2cccs2)cc1.I. The monoisotopic (exact) mass is 466 g/mol. The Labute approximate surface area is 157 Å². The second-order valence-corrected chi connectivity index (χ2v) is 7.53. The molecule has 23 heavy (non-hydrogen) atoms. The van der Waals surface area contributed by atoms with Crippen molar-refractivity contribution in [3.63, 3.8) is 0 Å². The molecule has 2 aromatic rings. The summed E-state index contributed by atoms with van der Waals surface area (Å²) >= 11 is 1.17. The minimum absolute atomic E-state index is 0. The molecule has 1 heterocycles. The van der Waals surface area contributed by atoms with Crippen LogP contribution in [0.3, 0.4) is 0 Å². The molecule has 0 unspecified atom stereocenters. The van der Waals surface area contributed by atoms with E-state index in [1.807, 2.05) is 31.2 Å². The lowest BCUT2D eigenvalue weighted by atomic mass is 10.2. The van der Waals surface area contributed by atoms with E-state index in [0.717, 1.165) is 11.3 Å². The number of benzene rings is 1. The van der Waals surface area contributed by atoms with Crippen molar-refractivity contribution in [3.8, 4) is 0 Å². The van der Waals surface area contributed by atoms with Crippen LogP contribution in [-0.4, -0.2) is 27.5 Å². The van der Waals surface area contributed by atoms with Crippen LogP contribution in [0.1, 0.15) is 5.56 Å². The van der Waals surface area contributed by atoms with Crippen molar-refractivity contribution >= 4 is 57.0 Å². The first-order valence-corrected chi connectivity index (χ1v) is 9.00. The summed E-state index contributed by atoms with van der Waals surface area (Å²) in [6.45, 7) is 2.45. The zero-order chi connectivity index (χ0) is 16.0. The lowest BCUT2D eigenvalue weighted by molar-refractivity contribution is 0.584. The summed E-state index contributed by atoms with van der Waals surface area (Å²) in [4.78, 5) is 4.09. The van der Waals surface area contributed by atoms with Gasteiger partial charge in [-0.15, -0.1) is 35.3 Å². The minimum Gasteiger partial charge on any atom is -0.370 e. The molecule has 0 bridgehead atoms. The van der Waals surface area contributed by atoms with Gasteiger partial charge in [0.05, 0.1) is 6.54 Å². The van der Waals surface area contributed by atoms with Gasteiger partial charge in [0.25, 0.3) is 0 Å². The number of sulfonamides is 1. The zero-order valence-corrected chi connectivity index (χ0v) is 16.5. The van der Waals surface area contributed by atoms with Gasteiger partial charge < -0.3 is 11.1 Å². The molecule has 0 saturated heterocycles. The van der Waals surface area contributed by atoms with Gasteiger partial charge in [-0.25, -0.2) is 13.1 Å². The Morgan fingerprint density at radius 2 is 1.96 bits per heavy atom. The fourth-order valence-corrected chi connectivity index (χ4v) is 3.73. The molecule has 0 aliphatic heterocycles. The topological polar surface area (TPSA) is 96.6 Å². The molecule has 0 saturated carbocycles. The molecular weight excluding hydrogens is 447 g/mol. The van der Waals surface area contributed by atoms with Crippen molar-refractivity contribution < 1.29 is 8.42 Å². The minimum atomic E-state index is -3.44. The zero-order valence-electron chi connectivity index (χ0n) is 12.5. The third kappa shape index (κ3) is 6.45. The van der Waals surface area contributed by atoms with Gasteiger partial charge in [0.1, 0.15) is 4.21 Å². The van der Waals surface area contributed by atoms with E-state index in [1.54, 1.807) is 17.5 Å².